The molecule has 21 heavy (non-hydrogen) atoms. The van der Waals surface area contributed by atoms with E-state index in [0.29, 0.717) is 11.5 Å². The van der Waals surface area contributed by atoms with E-state index in [-0.39, 0.29) is 0 Å². The number of hydrogen-bond donors (Lipinski definition) is 1. The van der Waals surface area contributed by atoms with Crippen molar-refractivity contribution in [2.24, 2.45) is 5.92 Å². The van der Waals surface area contributed by atoms with Crippen LogP contribution in [0.1, 0.15) is 64.9 Å². The van der Waals surface area contributed by atoms with Crippen LogP contribution in [0, 0.1) is 5.92 Å². The van der Waals surface area contributed by atoms with Gasteiger partial charge in [0, 0.05) is 12.1 Å². The lowest BCUT2D eigenvalue weighted by atomic mass is 9.83. The Morgan fingerprint density at radius 3 is 2.38 bits per heavy atom. The quantitative estimate of drug-likeness (QED) is 0.769. The van der Waals surface area contributed by atoms with E-state index in [1.807, 2.05) is 0 Å². The van der Waals surface area contributed by atoms with Crippen molar-refractivity contribution in [3.05, 3.63) is 29.8 Å². The van der Waals surface area contributed by atoms with Crippen molar-refractivity contribution in [1.82, 2.24) is 5.32 Å². The zero-order chi connectivity index (χ0) is 15.1. The van der Waals surface area contributed by atoms with Crippen LogP contribution >= 0.6 is 0 Å². The van der Waals surface area contributed by atoms with Gasteiger partial charge in [-0.05, 0) is 49.8 Å². The molecule has 1 saturated carbocycles. The van der Waals surface area contributed by atoms with Gasteiger partial charge >= 0.3 is 0 Å². The number of nitrogens with one attached hydrogen (secondary N) is 1. The van der Waals surface area contributed by atoms with Gasteiger partial charge in [-0.2, -0.15) is 0 Å². The molecule has 0 heterocycles. The van der Waals surface area contributed by atoms with Crippen LogP contribution in [0.5, 0.6) is 5.75 Å². The molecule has 0 amide bonds. The van der Waals surface area contributed by atoms with Gasteiger partial charge < -0.3 is 10.1 Å². The molecule has 1 aromatic carbocycles. The van der Waals surface area contributed by atoms with Crippen molar-refractivity contribution in [2.75, 3.05) is 6.61 Å². The third kappa shape index (κ3) is 5.70. The van der Waals surface area contributed by atoms with Crippen LogP contribution < -0.4 is 10.1 Å². The van der Waals surface area contributed by atoms with E-state index in [4.69, 9.17) is 4.74 Å². The molecule has 1 aliphatic carbocycles. The van der Waals surface area contributed by atoms with Crippen molar-refractivity contribution in [3.8, 4) is 5.75 Å². The zero-order valence-electron chi connectivity index (χ0n) is 14.0. The first-order chi connectivity index (χ1) is 10.1. The molecule has 0 radical (unpaired) electrons. The second kappa shape index (κ2) is 7.84. The average molecular weight is 289 g/mol. The van der Waals surface area contributed by atoms with Crippen LogP contribution in [0.2, 0.25) is 0 Å². The predicted molar refractivity (Wildman–Crippen MR) is 89.7 cm³/mol. The third-order valence-electron chi connectivity index (χ3n) is 4.56. The maximum absolute atomic E-state index is 5.77. The summed E-state index contributed by atoms with van der Waals surface area (Å²) < 4.78 is 5.77. The molecule has 2 nitrogen and oxygen atoms in total. The molecule has 2 heteroatoms. The first-order valence-corrected chi connectivity index (χ1v) is 8.54. The van der Waals surface area contributed by atoms with Crippen molar-refractivity contribution >= 4 is 0 Å². The van der Waals surface area contributed by atoms with E-state index in [2.05, 4.69) is 50.4 Å². The number of benzene rings is 1. The van der Waals surface area contributed by atoms with Gasteiger partial charge in [-0.15, -0.1) is 0 Å². The molecule has 2 rings (SSSR count). The van der Waals surface area contributed by atoms with Crippen LogP contribution in [0.4, 0.5) is 0 Å². The summed E-state index contributed by atoms with van der Waals surface area (Å²) in [6, 6.07) is 8.56. The molecule has 0 unspecified atom stereocenters. The fraction of sp³-hybridized carbons (Fsp3) is 0.684. The van der Waals surface area contributed by atoms with Crippen LogP contribution in [-0.4, -0.2) is 12.1 Å². The van der Waals surface area contributed by atoms with Gasteiger partial charge in [0.2, 0.25) is 0 Å². The van der Waals surface area contributed by atoms with Crippen molar-refractivity contribution in [1.29, 1.82) is 0 Å². The third-order valence-corrected chi connectivity index (χ3v) is 4.56. The van der Waals surface area contributed by atoms with E-state index >= 15 is 0 Å². The second-order valence-corrected chi connectivity index (χ2v) is 7.15. The average Bonchev–Trinajstić information content (AvgIpc) is 2.47. The van der Waals surface area contributed by atoms with Crippen molar-refractivity contribution in [2.45, 2.75) is 71.4 Å². The topological polar surface area (TPSA) is 21.3 Å². The summed E-state index contributed by atoms with van der Waals surface area (Å²) >= 11 is 0. The Morgan fingerprint density at radius 1 is 1.10 bits per heavy atom. The van der Waals surface area contributed by atoms with Gasteiger partial charge in [-0.3, -0.25) is 0 Å². The molecule has 0 bridgehead atoms. The summed E-state index contributed by atoms with van der Waals surface area (Å²) in [7, 11) is 0. The van der Waals surface area contributed by atoms with Gasteiger partial charge in [-0.1, -0.05) is 45.2 Å². The monoisotopic (exact) mass is 289 g/mol. The summed E-state index contributed by atoms with van der Waals surface area (Å²) in [6.45, 7) is 8.60. The standard InChI is InChI=1S/C19H31NO/c1-16(2)11-14-21-18-9-7-17(8-10-18)15-20-19(3)12-5-4-6-13-19/h7-10,16,20H,4-6,11-15H2,1-3H3. The van der Waals surface area contributed by atoms with E-state index < -0.39 is 0 Å². The van der Waals surface area contributed by atoms with Gasteiger partial charge in [0.25, 0.3) is 0 Å². The molecule has 1 aromatic rings. The highest BCUT2D eigenvalue weighted by atomic mass is 16.5. The lowest BCUT2D eigenvalue weighted by molar-refractivity contribution is 0.252. The molecule has 0 aromatic heterocycles. The fourth-order valence-corrected chi connectivity index (χ4v) is 2.94. The highest BCUT2D eigenvalue weighted by molar-refractivity contribution is 5.27. The molecule has 0 spiro atoms. The fourth-order valence-electron chi connectivity index (χ4n) is 2.94. The largest absolute Gasteiger partial charge is 0.494 e. The Morgan fingerprint density at radius 2 is 1.76 bits per heavy atom. The van der Waals surface area contributed by atoms with Crippen molar-refractivity contribution < 1.29 is 4.74 Å². The second-order valence-electron chi connectivity index (χ2n) is 7.15. The van der Waals surface area contributed by atoms with Crippen molar-refractivity contribution in [3.63, 3.8) is 0 Å². The molecule has 1 fully saturated rings. The molecule has 1 aliphatic rings. The maximum atomic E-state index is 5.77. The highest BCUT2D eigenvalue weighted by Crippen LogP contribution is 2.28. The number of ether oxygens (including phenoxy) is 1. The minimum atomic E-state index is 0.338. The lowest BCUT2D eigenvalue weighted by Crippen LogP contribution is -2.43. The molecule has 0 aliphatic heterocycles. The van der Waals surface area contributed by atoms with E-state index in [1.165, 1.54) is 37.7 Å². The van der Waals surface area contributed by atoms with E-state index in [9.17, 15) is 0 Å². The molecule has 0 atom stereocenters. The highest BCUT2D eigenvalue weighted by Gasteiger charge is 2.25. The van der Waals surface area contributed by atoms with Crippen LogP contribution in [0.25, 0.3) is 0 Å². The molecule has 118 valence electrons. The molecular weight excluding hydrogens is 258 g/mol. The molecule has 0 saturated heterocycles. The Bertz CT molecular complexity index is 404. The maximum Gasteiger partial charge on any atom is 0.119 e. The Labute approximate surface area is 130 Å². The minimum absolute atomic E-state index is 0.338. The summed E-state index contributed by atoms with van der Waals surface area (Å²) in [6.07, 6.45) is 7.87. The number of rotatable bonds is 7. The van der Waals surface area contributed by atoms with Crippen LogP contribution in [0.3, 0.4) is 0 Å². The summed E-state index contributed by atoms with van der Waals surface area (Å²) in [5, 5.41) is 3.75. The van der Waals surface area contributed by atoms with Gasteiger partial charge in [0.1, 0.15) is 5.75 Å². The first-order valence-electron chi connectivity index (χ1n) is 8.54. The predicted octanol–water partition coefficient (Wildman–Crippen LogP) is 4.92. The smallest absolute Gasteiger partial charge is 0.119 e. The Hall–Kier alpha value is -1.02. The van der Waals surface area contributed by atoms with Gasteiger partial charge in [-0.25, -0.2) is 0 Å². The van der Waals surface area contributed by atoms with Crippen LogP contribution in [0.15, 0.2) is 24.3 Å². The lowest BCUT2D eigenvalue weighted by Gasteiger charge is -2.34. The summed E-state index contributed by atoms with van der Waals surface area (Å²) in [4.78, 5) is 0. The van der Waals surface area contributed by atoms with E-state index in [1.54, 1.807) is 0 Å². The Balaban J connectivity index is 1.76. The van der Waals surface area contributed by atoms with Crippen LogP contribution in [-0.2, 0) is 6.54 Å². The van der Waals surface area contributed by atoms with Gasteiger partial charge in [0.15, 0.2) is 0 Å². The first kappa shape index (κ1) is 16.4. The summed E-state index contributed by atoms with van der Waals surface area (Å²) in [5.74, 6) is 1.69. The Kier molecular flexibility index (Phi) is 6.10. The van der Waals surface area contributed by atoms with Gasteiger partial charge in [0.05, 0.1) is 6.61 Å². The molecular formula is C19H31NO. The summed E-state index contributed by atoms with van der Waals surface area (Å²) in [5.41, 5.74) is 1.68. The SMILES string of the molecule is CC(C)CCOc1ccc(CNC2(C)CCCCC2)cc1. The van der Waals surface area contributed by atoms with E-state index in [0.717, 1.165) is 25.3 Å². The number of hydrogen-bond acceptors (Lipinski definition) is 2. The normalized spacial score (nSPS) is 17.9. The molecule has 1 N–H and O–H groups in total. The minimum Gasteiger partial charge on any atom is -0.494 e. The zero-order valence-corrected chi connectivity index (χ0v) is 14.0.